The molecule has 0 radical (unpaired) electrons. The minimum atomic E-state index is -5.18. The van der Waals surface area contributed by atoms with Crippen molar-refractivity contribution in [1.82, 2.24) is 10.2 Å². The Hall–Kier alpha value is -2.06. The van der Waals surface area contributed by atoms with Crippen LogP contribution in [-0.2, 0) is 19.1 Å². The Labute approximate surface area is 155 Å². The fraction of sp³-hybridized carbons (Fsp3) is 0.722. The van der Waals surface area contributed by atoms with Gasteiger partial charge in [0, 0.05) is 17.7 Å². The molecule has 3 aliphatic rings. The summed E-state index contributed by atoms with van der Waals surface area (Å²) in [7, 11) is 0.959. The molecule has 0 aromatic heterocycles. The van der Waals surface area contributed by atoms with Crippen molar-refractivity contribution in [3.63, 3.8) is 0 Å². The van der Waals surface area contributed by atoms with Gasteiger partial charge in [-0.3, -0.25) is 9.59 Å². The molecular formula is C18H23F3N2O4. The first-order valence-electron chi connectivity index (χ1n) is 9.17. The SMILES string of the molecule is COC(=O)C1=C(C)N(C2CCCCC2)C(=O)C1(NC(=O)C1CC1)C(F)(F)F. The predicted octanol–water partition coefficient (Wildman–Crippen LogP) is 2.44. The van der Waals surface area contributed by atoms with Gasteiger partial charge in [0.2, 0.25) is 11.4 Å². The lowest BCUT2D eigenvalue weighted by Gasteiger charge is -2.36. The Kier molecular flexibility index (Phi) is 4.98. The van der Waals surface area contributed by atoms with Crippen molar-refractivity contribution in [2.24, 2.45) is 5.92 Å². The largest absolute Gasteiger partial charge is 0.466 e. The maximum absolute atomic E-state index is 14.3. The molecule has 3 rings (SSSR count). The van der Waals surface area contributed by atoms with Crippen LogP contribution >= 0.6 is 0 Å². The van der Waals surface area contributed by atoms with E-state index in [-0.39, 0.29) is 5.70 Å². The van der Waals surface area contributed by atoms with Crippen LogP contribution < -0.4 is 5.32 Å². The fourth-order valence-corrected chi connectivity index (χ4v) is 4.10. The van der Waals surface area contributed by atoms with E-state index in [1.165, 1.54) is 6.92 Å². The molecule has 2 saturated carbocycles. The van der Waals surface area contributed by atoms with E-state index in [0.717, 1.165) is 31.3 Å². The molecule has 0 aromatic rings. The van der Waals surface area contributed by atoms with Crippen LogP contribution in [0.4, 0.5) is 13.2 Å². The van der Waals surface area contributed by atoms with Gasteiger partial charge in [0.25, 0.3) is 5.91 Å². The summed E-state index contributed by atoms with van der Waals surface area (Å²) in [5.41, 5.74) is -4.31. The molecule has 9 heteroatoms. The number of nitrogens with zero attached hydrogens (tertiary/aromatic N) is 1. The third kappa shape index (κ3) is 3.10. The number of allylic oxidation sites excluding steroid dienone is 1. The number of carbonyl (C=O) groups is 3. The number of ether oxygens (including phenoxy) is 1. The number of hydrogen-bond acceptors (Lipinski definition) is 4. The van der Waals surface area contributed by atoms with E-state index in [9.17, 15) is 27.6 Å². The van der Waals surface area contributed by atoms with Crippen molar-refractivity contribution in [3.05, 3.63) is 11.3 Å². The van der Waals surface area contributed by atoms with Gasteiger partial charge < -0.3 is 15.0 Å². The molecule has 0 aromatic carbocycles. The van der Waals surface area contributed by atoms with Crippen molar-refractivity contribution in [3.8, 4) is 0 Å². The first-order valence-corrected chi connectivity index (χ1v) is 9.17. The monoisotopic (exact) mass is 388 g/mol. The Morgan fingerprint density at radius 3 is 2.22 bits per heavy atom. The molecule has 2 aliphatic carbocycles. The summed E-state index contributed by atoms with van der Waals surface area (Å²) in [6, 6.07) is -0.423. The van der Waals surface area contributed by atoms with Crippen LogP contribution in [0.15, 0.2) is 11.3 Å². The molecular weight excluding hydrogens is 365 g/mol. The van der Waals surface area contributed by atoms with E-state index in [1.807, 2.05) is 5.32 Å². The van der Waals surface area contributed by atoms with E-state index in [4.69, 9.17) is 0 Å². The lowest BCUT2D eigenvalue weighted by Crippen LogP contribution is -2.67. The summed E-state index contributed by atoms with van der Waals surface area (Å²) in [5, 5.41) is 1.90. The number of nitrogens with one attached hydrogen (secondary N) is 1. The number of rotatable bonds is 4. The van der Waals surface area contributed by atoms with Gasteiger partial charge >= 0.3 is 12.1 Å². The van der Waals surface area contributed by atoms with Crippen molar-refractivity contribution in [2.75, 3.05) is 7.11 Å². The van der Waals surface area contributed by atoms with E-state index in [2.05, 4.69) is 4.74 Å². The van der Waals surface area contributed by atoms with Gasteiger partial charge in [-0.25, -0.2) is 4.79 Å². The molecule has 6 nitrogen and oxygen atoms in total. The zero-order valence-electron chi connectivity index (χ0n) is 15.3. The summed E-state index contributed by atoms with van der Waals surface area (Å²) >= 11 is 0. The Bertz CT molecular complexity index is 693. The van der Waals surface area contributed by atoms with Crippen molar-refractivity contribution >= 4 is 17.8 Å². The van der Waals surface area contributed by atoms with E-state index in [1.54, 1.807) is 0 Å². The topological polar surface area (TPSA) is 75.7 Å². The fourth-order valence-electron chi connectivity index (χ4n) is 4.10. The standard InChI is InChI=1S/C18H23F3N2O4/c1-10-13(15(25)27-2)17(18(19,20)21,22-14(24)11-8-9-11)16(26)23(10)12-6-4-3-5-7-12/h11-12H,3-9H2,1-2H3,(H,22,24). The van der Waals surface area contributed by atoms with Gasteiger partial charge in [-0.2, -0.15) is 13.2 Å². The first-order chi connectivity index (χ1) is 12.6. The quantitative estimate of drug-likeness (QED) is 0.751. The maximum atomic E-state index is 14.3. The minimum absolute atomic E-state index is 0.0906. The Morgan fingerprint density at radius 1 is 1.15 bits per heavy atom. The molecule has 1 aliphatic heterocycles. The number of esters is 1. The van der Waals surface area contributed by atoms with Gasteiger partial charge in [-0.05, 0) is 32.6 Å². The van der Waals surface area contributed by atoms with Crippen LogP contribution in [0.3, 0.4) is 0 Å². The molecule has 1 N–H and O–H groups in total. The highest BCUT2D eigenvalue weighted by atomic mass is 19.4. The lowest BCUT2D eigenvalue weighted by molar-refractivity contribution is -0.197. The summed E-state index contributed by atoms with van der Waals surface area (Å²) in [6.07, 6.45) is -0.584. The second kappa shape index (κ2) is 6.83. The second-order valence-electron chi connectivity index (χ2n) is 7.43. The van der Waals surface area contributed by atoms with Crippen molar-refractivity contribution < 1.29 is 32.3 Å². The zero-order chi connectivity index (χ0) is 20.0. The van der Waals surface area contributed by atoms with E-state index >= 15 is 0 Å². The smallest absolute Gasteiger partial charge is 0.425 e. The average molecular weight is 388 g/mol. The highest BCUT2D eigenvalue weighted by Crippen LogP contribution is 2.47. The number of methoxy groups -OCH3 is 1. The van der Waals surface area contributed by atoms with Crippen LogP contribution in [0.1, 0.15) is 51.9 Å². The predicted molar refractivity (Wildman–Crippen MR) is 88.1 cm³/mol. The van der Waals surface area contributed by atoms with Gasteiger partial charge in [0.05, 0.1) is 7.11 Å². The first kappa shape index (κ1) is 19.7. The van der Waals surface area contributed by atoms with Crippen LogP contribution in [0.2, 0.25) is 0 Å². The second-order valence-corrected chi connectivity index (χ2v) is 7.43. The number of carbonyl (C=O) groups excluding carboxylic acids is 3. The maximum Gasteiger partial charge on any atom is 0.425 e. The highest BCUT2D eigenvalue weighted by molar-refractivity contribution is 6.10. The number of hydrogen-bond donors (Lipinski definition) is 1. The van der Waals surface area contributed by atoms with Crippen molar-refractivity contribution in [2.45, 2.75) is 69.6 Å². The molecule has 1 unspecified atom stereocenters. The number of alkyl halides is 3. The van der Waals surface area contributed by atoms with E-state index < -0.39 is 47.0 Å². The zero-order valence-corrected chi connectivity index (χ0v) is 15.3. The number of amides is 2. The summed E-state index contributed by atoms with van der Waals surface area (Å²) in [6.45, 7) is 1.32. The van der Waals surface area contributed by atoms with Gasteiger partial charge in [-0.15, -0.1) is 0 Å². The third-order valence-corrected chi connectivity index (χ3v) is 5.65. The Balaban J connectivity index is 2.11. The van der Waals surface area contributed by atoms with Gasteiger partial charge in [-0.1, -0.05) is 19.3 Å². The third-order valence-electron chi connectivity index (χ3n) is 5.65. The summed E-state index contributed by atoms with van der Waals surface area (Å²) < 4.78 is 47.4. The van der Waals surface area contributed by atoms with Gasteiger partial charge in [0.15, 0.2) is 0 Å². The molecule has 1 heterocycles. The van der Waals surface area contributed by atoms with Crippen LogP contribution in [-0.4, -0.2) is 47.6 Å². The highest BCUT2D eigenvalue weighted by Gasteiger charge is 2.71. The summed E-state index contributed by atoms with van der Waals surface area (Å²) in [4.78, 5) is 38.8. The normalized spacial score (nSPS) is 27.1. The van der Waals surface area contributed by atoms with Gasteiger partial charge in [0.1, 0.15) is 5.57 Å². The molecule has 0 bridgehead atoms. The van der Waals surface area contributed by atoms with Crippen molar-refractivity contribution in [1.29, 1.82) is 0 Å². The van der Waals surface area contributed by atoms with Crippen LogP contribution in [0, 0.1) is 5.92 Å². The summed E-state index contributed by atoms with van der Waals surface area (Å²) in [5.74, 6) is -3.98. The number of halogens is 3. The molecule has 150 valence electrons. The molecule has 2 amide bonds. The average Bonchev–Trinajstić information content (AvgIpc) is 3.42. The van der Waals surface area contributed by atoms with Crippen LogP contribution in [0.25, 0.3) is 0 Å². The lowest BCUT2D eigenvalue weighted by atomic mass is 9.88. The molecule has 1 atom stereocenters. The van der Waals surface area contributed by atoms with Crippen LogP contribution in [0.5, 0.6) is 0 Å². The minimum Gasteiger partial charge on any atom is -0.466 e. The molecule has 0 spiro atoms. The Morgan fingerprint density at radius 2 is 1.74 bits per heavy atom. The molecule has 0 saturated heterocycles. The molecule has 2 fully saturated rings. The van der Waals surface area contributed by atoms with E-state index in [0.29, 0.717) is 25.7 Å². The molecule has 27 heavy (non-hydrogen) atoms.